The lowest BCUT2D eigenvalue weighted by molar-refractivity contribution is 0.477. The van der Waals surface area contributed by atoms with Crippen LogP contribution in [0.4, 0.5) is 5.69 Å². The molecular formula is C12H9N3OS. The maximum Gasteiger partial charge on any atom is 0.143 e. The van der Waals surface area contributed by atoms with Crippen LogP contribution in [0.15, 0.2) is 36.5 Å². The number of nitrogen functional groups attached to an aromatic ring is 1. The zero-order valence-electron chi connectivity index (χ0n) is 8.79. The number of rotatable bonds is 1. The van der Waals surface area contributed by atoms with Crippen molar-refractivity contribution in [3.05, 3.63) is 36.5 Å². The van der Waals surface area contributed by atoms with Gasteiger partial charge >= 0.3 is 0 Å². The summed E-state index contributed by atoms with van der Waals surface area (Å²) >= 11 is 1.45. The fourth-order valence-electron chi connectivity index (χ4n) is 1.61. The van der Waals surface area contributed by atoms with Crippen molar-refractivity contribution >= 4 is 27.4 Å². The van der Waals surface area contributed by atoms with Crippen LogP contribution in [0.1, 0.15) is 0 Å². The zero-order valence-corrected chi connectivity index (χ0v) is 9.61. The molecule has 3 N–H and O–H groups in total. The molecule has 0 unspecified atom stereocenters. The van der Waals surface area contributed by atoms with Gasteiger partial charge in [-0.05, 0) is 24.3 Å². The molecule has 0 radical (unpaired) electrons. The Labute approximate surface area is 101 Å². The van der Waals surface area contributed by atoms with Crippen LogP contribution in [0.3, 0.4) is 0 Å². The molecule has 0 spiro atoms. The predicted molar refractivity (Wildman–Crippen MR) is 68.9 cm³/mol. The maximum atomic E-state index is 9.84. The van der Waals surface area contributed by atoms with Gasteiger partial charge in [-0.1, -0.05) is 11.3 Å². The van der Waals surface area contributed by atoms with Gasteiger partial charge in [0, 0.05) is 18.0 Å². The van der Waals surface area contributed by atoms with E-state index in [1.54, 1.807) is 18.3 Å². The third kappa shape index (κ3) is 1.70. The second-order valence-electron chi connectivity index (χ2n) is 3.62. The van der Waals surface area contributed by atoms with Crippen molar-refractivity contribution in [2.45, 2.75) is 0 Å². The average molecular weight is 243 g/mol. The Kier molecular flexibility index (Phi) is 2.19. The number of aromatic hydroxyl groups is 1. The molecule has 2 aromatic heterocycles. The number of anilines is 1. The largest absolute Gasteiger partial charge is 0.507 e. The van der Waals surface area contributed by atoms with E-state index in [-0.39, 0.29) is 5.75 Å². The first-order chi connectivity index (χ1) is 8.24. The minimum absolute atomic E-state index is 0.143. The molecule has 17 heavy (non-hydrogen) atoms. The molecule has 0 atom stereocenters. The van der Waals surface area contributed by atoms with Crippen molar-refractivity contribution in [1.29, 1.82) is 0 Å². The molecule has 2 heterocycles. The Balaban J connectivity index is 2.20. The lowest BCUT2D eigenvalue weighted by Gasteiger charge is -2.01. The molecule has 0 aliphatic heterocycles. The molecule has 0 aliphatic rings. The molecular weight excluding hydrogens is 234 g/mol. The van der Waals surface area contributed by atoms with Crippen molar-refractivity contribution in [3.8, 4) is 16.3 Å². The second-order valence-corrected chi connectivity index (χ2v) is 4.60. The van der Waals surface area contributed by atoms with Crippen LogP contribution in [0, 0.1) is 0 Å². The molecule has 0 saturated carbocycles. The highest BCUT2D eigenvalue weighted by Crippen LogP contribution is 2.35. The number of fused-ring (bicyclic) bond motifs is 1. The number of nitrogens with zero attached hydrogens (tertiary/aromatic N) is 2. The quantitative estimate of drug-likeness (QED) is 0.644. The molecule has 0 aliphatic carbocycles. The maximum absolute atomic E-state index is 9.84. The van der Waals surface area contributed by atoms with E-state index < -0.39 is 0 Å². The Morgan fingerprint density at radius 1 is 1.24 bits per heavy atom. The molecule has 5 heteroatoms. The van der Waals surface area contributed by atoms with Crippen molar-refractivity contribution in [1.82, 2.24) is 9.97 Å². The molecule has 0 amide bonds. The number of thiazole rings is 1. The van der Waals surface area contributed by atoms with Gasteiger partial charge in [-0.25, -0.2) is 9.97 Å². The van der Waals surface area contributed by atoms with Crippen molar-refractivity contribution < 1.29 is 5.11 Å². The number of benzene rings is 1. The summed E-state index contributed by atoms with van der Waals surface area (Å²) in [6, 6.07) is 8.77. The highest BCUT2D eigenvalue weighted by molar-refractivity contribution is 7.21. The lowest BCUT2D eigenvalue weighted by Crippen LogP contribution is -1.84. The molecule has 0 fully saturated rings. The second kappa shape index (κ2) is 3.71. The van der Waals surface area contributed by atoms with Crippen LogP contribution in [0.5, 0.6) is 5.75 Å². The summed E-state index contributed by atoms with van der Waals surface area (Å²) in [6.07, 6.45) is 1.73. The minimum atomic E-state index is 0.143. The Hall–Kier alpha value is -2.14. The van der Waals surface area contributed by atoms with Crippen LogP contribution in [0.2, 0.25) is 0 Å². The molecule has 3 rings (SSSR count). The van der Waals surface area contributed by atoms with Gasteiger partial charge < -0.3 is 10.8 Å². The van der Waals surface area contributed by atoms with Crippen LogP contribution in [-0.2, 0) is 0 Å². The number of hydrogen-bond donors (Lipinski definition) is 2. The first kappa shape index (κ1) is 10.0. The smallest absolute Gasteiger partial charge is 0.143 e. The van der Waals surface area contributed by atoms with E-state index in [9.17, 15) is 5.11 Å². The summed E-state index contributed by atoms with van der Waals surface area (Å²) in [5.74, 6) is 0.143. The lowest BCUT2D eigenvalue weighted by atomic mass is 10.2. The SMILES string of the molecule is Nc1ccc(-c2nc3cccnc3s2)c(O)c1. The third-order valence-electron chi connectivity index (χ3n) is 2.42. The summed E-state index contributed by atoms with van der Waals surface area (Å²) in [7, 11) is 0. The fourth-order valence-corrected chi connectivity index (χ4v) is 2.56. The Morgan fingerprint density at radius 2 is 2.12 bits per heavy atom. The third-order valence-corrected chi connectivity index (χ3v) is 3.43. The molecule has 3 aromatic rings. The molecule has 0 saturated heterocycles. The number of pyridine rings is 1. The topological polar surface area (TPSA) is 72.0 Å². The fraction of sp³-hybridized carbons (Fsp3) is 0. The van der Waals surface area contributed by atoms with E-state index in [1.165, 1.54) is 17.4 Å². The standard InChI is InChI=1S/C12H9N3OS/c13-7-3-4-8(10(16)6-7)11-15-9-2-1-5-14-12(9)17-11/h1-6,16H,13H2. The van der Waals surface area contributed by atoms with E-state index in [2.05, 4.69) is 9.97 Å². The zero-order chi connectivity index (χ0) is 11.8. The van der Waals surface area contributed by atoms with Crippen molar-refractivity contribution in [3.63, 3.8) is 0 Å². The van der Waals surface area contributed by atoms with Gasteiger partial charge in [-0.3, -0.25) is 0 Å². The van der Waals surface area contributed by atoms with Crippen LogP contribution in [0.25, 0.3) is 20.9 Å². The van der Waals surface area contributed by atoms with E-state index in [1.807, 2.05) is 12.1 Å². The van der Waals surface area contributed by atoms with E-state index in [4.69, 9.17) is 5.73 Å². The van der Waals surface area contributed by atoms with Gasteiger partial charge in [0.25, 0.3) is 0 Å². The monoisotopic (exact) mass is 243 g/mol. The summed E-state index contributed by atoms with van der Waals surface area (Å²) < 4.78 is 0. The number of aromatic nitrogens is 2. The normalized spacial score (nSPS) is 10.8. The number of phenols is 1. The van der Waals surface area contributed by atoms with Gasteiger partial charge in [0.15, 0.2) is 0 Å². The summed E-state index contributed by atoms with van der Waals surface area (Å²) in [4.78, 5) is 9.51. The first-order valence-electron chi connectivity index (χ1n) is 5.04. The number of nitrogens with two attached hydrogens (primary N) is 1. The molecule has 4 nitrogen and oxygen atoms in total. The van der Waals surface area contributed by atoms with E-state index in [0.29, 0.717) is 11.3 Å². The van der Waals surface area contributed by atoms with Gasteiger partial charge in [-0.2, -0.15) is 0 Å². The van der Waals surface area contributed by atoms with Gasteiger partial charge in [0.05, 0.1) is 5.56 Å². The summed E-state index contributed by atoms with van der Waals surface area (Å²) in [6.45, 7) is 0. The Morgan fingerprint density at radius 3 is 2.88 bits per heavy atom. The Bertz CT molecular complexity index is 660. The van der Waals surface area contributed by atoms with E-state index in [0.717, 1.165) is 15.4 Å². The van der Waals surface area contributed by atoms with Crippen LogP contribution < -0.4 is 5.73 Å². The molecule has 84 valence electrons. The van der Waals surface area contributed by atoms with E-state index >= 15 is 0 Å². The average Bonchev–Trinajstić information content (AvgIpc) is 2.72. The number of phenolic OH excluding ortho intramolecular Hbond substituents is 1. The van der Waals surface area contributed by atoms with Crippen LogP contribution in [-0.4, -0.2) is 15.1 Å². The summed E-state index contributed by atoms with van der Waals surface area (Å²) in [5, 5.41) is 10.6. The van der Waals surface area contributed by atoms with Crippen molar-refractivity contribution in [2.75, 3.05) is 5.73 Å². The number of hydrogen-bond acceptors (Lipinski definition) is 5. The van der Waals surface area contributed by atoms with Gasteiger partial charge in [0.2, 0.25) is 0 Å². The minimum Gasteiger partial charge on any atom is -0.507 e. The highest BCUT2D eigenvalue weighted by atomic mass is 32.1. The summed E-state index contributed by atoms with van der Waals surface area (Å²) in [5.41, 5.74) is 7.64. The molecule has 1 aromatic carbocycles. The molecule has 0 bridgehead atoms. The highest BCUT2D eigenvalue weighted by Gasteiger charge is 2.10. The van der Waals surface area contributed by atoms with Gasteiger partial charge in [0.1, 0.15) is 21.1 Å². The van der Waals surface area contributed by atoms with Gasteiger partial charge in [-0.15, -0.1) is 0 Å². The predicted octanol–water partition coefficient (Wildman–Crippen LogP) is 2.65. The van der Waals surface area contributed by atoms with Crippen LogP contribution >= 0.6 is 11.3 Å². The first-order valence-corrected chi connectivity index (χ1v) is 5.86. The van der Waals surface area contributed by atoms with Crippen molar-refractivity contribution in [2.24, 2.45) is 0 Å².